The zero-order chi connectivity index (χ0) is 19.5. The van der Waals surface area contributed by atoms with Gasteiger partial charge in [0.25, 0.3) is 0 Å². The zero-order valence-corrected chi connectivity index (χ0v) is 16.5. The van der Waals surface area contributed by atoms with Gasteiger partial charge in [0.1, 0.15) is 11.5 Å². The smallest absolute Gasteiger partial charge is 0.228 e. The number of aryl methyl sites for hydroxylation is 1. The number of piperidine rings is 1. The van der Waals surface area contributed by atoms with Crippen molar-refractivity contribution in [3.63, 3.8) is 0 Å². The Morgan fingerprint density at radius 2 is 2.21 bits per heavy atom. The Morgan fingerprint density at radius 1 is 1.32 bits per heavy atom. The number of methoxy groups -OCH3 is 1. The SMILES string of the molecule is COCCn1ccnc1C1CCCN(C(=O)Cc2cnc3c(C)cccn23)C1. The van der Waals surface area contributed by atoms with Crippen LogP contribution in [0, 0.1) is 6.92 Å². The number of hydrogen-bond donors (Lipinski definition) is 0. The number of likely N-dealkylation sites (tertiary alicyclic amines) is 1. The molecule has 4 heterocycles. The van der Waals surface area contributed by atoms with Gasteiger partial charge in [-0.15, -0.1) is 0 Å². The van der Waals surface area contributed by atoms with Crippen LogP contribution in [-0.4, -0.2) is 56.5 Å². The van der Waals surface area contributed by atoms with Gasteiger partial charge in [-0.1, -0.05) is 6.07 Å². The van der Waals surface area contributed by atoms with Crippen LogP contribution in [0.3, 0.4) is 0 Å². The molecule has 0 aliphatic carbocycles. The summed E-state index contributed by atoms with van der Waals surface area (Å²) in [6.07, 6.45) is 10.1. The molecule has 7 nitrogen and oxygen atoms in total. The fourth-order valence-electron chi connectivity index (χ4n) is 4.07. The van der Waals surface area contributed by atoms with Crippen LogP contribution in [0.4, 0.5) is 0 Å². The summed E-state index contributed by atoms with van der Waals surface area (Å²) in [5, 5.41) is 0. The molecule has 0 aromatic carbocycles. The molecule has 3 aromatic rings. The van der Waals surface area contributed by atoms with E-state index in [4.69, 9.17) is 4.74 Å². The molecule has 0 radical (unpaired) electrons. The van der Waals surface area contributed by atoms with E-state index in [0.717, 1.165) is 55.2 Å². The number of carbonyl (C=O) groups is 1. The molecule has 1 aliphatic heterocycles. The molecule has 3 aromatic heterocycles. The van der Waals surface area contributed by atoms with Gasteiger partial charge in [-0.3, -0.25) is 4.79 Å². The van der Waals surface area contributed by atoms with E-state index in [2.05, 4.69) is 14.5 Å². The Bertz CT molecular complexity index is 961. The maximum absolute atomic E-state index is 13.0. The van der Waals surface area contributed by atoms with Crippen molar-refractivity contribution in [2.45, 2.75) is 38.6 Å². The predicted molar refractivity (Wildman–Crippen MR) is 106 cm³/mol. The lowest BCUT2D eigenvalue weighted by molar-refractivity contribution is -0.131. The number of pyridine rings is 1. The van der Waals surface area contributed by atoms with Crippen LogP contribution in [0.25, 0.3) is 5.65 Å². The lowest BCUT2D eigenvalue weighted by Gasteiger charge is -2.32. The summed E-state index contributed by atoms with van der Waals surface area (Å²) in [4.78, 5) is 24.0. The number of imidazole rings is 2. The predicted octanol–water partition coefficient (Wildman–Crippen LogP) is 2.43. The van der Waals surface area contributed by atoms with Gasteiger partial charge in [-0.25, -0.2) is 9.97 Å². The number of fused-ring (bicyclic) bond motifs is 1. The second kappa shape index (κ2) is 8.14. The molecule has 148 valence electrons. The van der Waals surface area contributed by atoms with Crippen molar-refractivity contribution >= 4 is 11.6 Å². The Kier molecular flexibility index (Phi) is 5.43. The van der Waals surface area contributed by atoms with Crippen molar-refractivity contribution in [2.24, 2.45) is 0 Å². The first kappa shape index (κ1) is 18.7. The maximum Gasteiger partial charge on any atom is 0.228 e. The van der Waals surface area contributed by atoms with Crippen molar-refractivity contribution < 1.29 is 9.53 Å². The highest BCUT2D eigenvalue weighted by Crippen LogP contribution is 2.26. The number of ether oxygens (including phenoxy) is 1. The highest BCUT2D eigenvalue weighted by atomic mass is 16.5. The Morgan fingerprint density at radius 3 is 3.07 bits per heavy atom. The van der Waals surface area contributed by atoms with E-state index in [1.165, 1.54) is 0 Å². The van der Waals surface area contributed by atoms with E-state index in [1.807, 2.05) is 53.1 Å². The molecule has 4 rings (SSSR count). The van der Waals surface area contributed by atoms with Gasteiger partial charge in [0.15, 0.2) is 0 Å². The summed E-state index contributed by atoms with van der Waals surface area (Å²) in [5.74, 6) is 1.48. The molecule has 0 bridgehead atoms. The lowest BCUT2D eigenvalue weighted by atomic mass is 9.96. The van der Waals surface area contributed by atoms with Gasteiger partial charge in [-0.2, -0.15) is 0 Å². The Labute approximate surface area is 165 Å². The Balaban J connectivity index is 1.46. The van der Waals surface area contributed by atoms with Crippen LogP contribution in [-0.2, 0) is 22.5 Å². The van der Waals surface area contributed by atoms with E-state index >= 15 is 0 Å². The fraction of sp³-hybridized carbons (Fsp3) is 0.476. The topological polar surface area (TPSA) is 64.7 Å². The zero-order valence-electron chi connectivity index (χ0n) is 16.5. The molecule has 7 heteroatoms. The summed E-state index contributed by atoms with van der Waals surface area (Å²) >= 11 is 0. The average molecular weight is 381 g/mol. The van der Waals surface area contributed by atoms with E-state index in [-0.39, 0.29) is 11.8 Å². The van der Waals surface area contributed by atoms with Crippen LogP contribution in [0.15, 0.2) is 36.9 Å². The largest absolute Gasteiger partial charge is 0.383 e. The van der Waals surface area contributed by atoms with Crippen LogP contribution < -0.4 is 0 Å². The molecule has 0 spiro atoms. The lowest BCUT2D eigenvalue weighted by Crippen LogP contribution is -2.40. The number of carbonyl (C=O) groups excluding carboxylic acids is 1. The van der Waals surface area contributed by atoms with Gasteiger partial charge < -0.3 is 18.6 Å². The van der Waals surface area contributed by atoms with E-state index in [1.54, 1.807) is 7.11 Å². The molecule has 1 unspecified atom stereocenters. The van der Waals surface area contributed by atoms with E-state index < -0.39 is 0 Å². The number of nitrogens with zero attached hydrogens (tertiary/aromatic N) is 5. The summed E-state index contributed by atoms with van der Waals surface area (Å²) in [6, 6.07) is 4.03. The molecule has 1 amide bonds. The molecule has 1 saturated heterocycles. The van der Waals surface area contributed by atoms with E-state index in [0.29, 0.717) is 13.0 Å². The summed E-state index contributed by atoms with van der Waals surface area (Å²) < 4.78 is 9.37. The van der Waals surface area contributed by atoms with Crippen molar-refractivity contribution in [3.8, 4) is 0 Å². The third-order valence-corrected chi connectivity index (χ3v) is 5.56. The maximum atomic E-state index is 13.0. The summed E-state index contributed by atoms with van der Waals surface area (Å²) in [6.45, 7) is 5.02. The first-order valence-corrected chi connectivity index (χ1v) is 9.86. The van der Waals surface area contributed by atoms with Crippen molar-refractivity contribution in [2.75, 3.05) is 26.8 Å². The van der Waals surface area contributed by atoms with Crippen LogP contribution in [0.1, 0.15) is 35.8 Å². The quantitative estimate of drug-likeness (QED) is 0.658. The summed E-state index contributed by atoms with van der Waals surface area (Å²) in [5.41, 5.74) is 2.97. The molecule has 28 heavy (non-hydrogen) atoms. The second-order valence-electron chi connectivity index (χ2n) is 7.46. The molecule has 1 aliphatic rings. The minimum Gasteiger partial charge on any atom is -0.383 e. The highest BCUT2D eigenvalue weighted by molar-refractivity contribution is 5.79. The van der Waals surface area contributed by atoms with Gasteiger partial charge in [0, 0.05) is 57.4 Å². The molecule has 1 fully saturated rings. The molecular formula is C21H27N5O2. The van der Waals surface area contributed by atoms with Crippen LogP contribution in [0.5, 0.6) is 0 Å². The third kappa shape index (κ3) is 3.67. The minimum absolute atomic E-state index is 0.156. The average Bonchev–Trinajstić information content (AvgIpc) is 3.34. The highest BCUT2D eigenvalue weighted by Gasteiger charge is 2.27. The first-order valence-electron chi connectivity index (χ1n) is 9.86. The van der Waals surface area contributed by atoms with Crippen LogP contribution >= 0.6 is 0 Å². The number of aromatic nitrogens is 4. The van der Waals surface area contributed by atoms with Crippen molar-refractivity contribution in [1.82, 2.24) is 23.8 Å². The normalized spacial score (nSPS) is 17.4. The number of amides is 1. The molecule has 1 atom stereocenters. The van der Waals surface area contributed by atoms with Gasteiger partial charge in [-0.05, 0) is 31.4 Å². The number of rotatable bonds is 6. The van der Waals surface area contributed by atoms with Crippen LogP contribution in [0.2, 0.25) is 0 Å². The fourth-order valence-corrected chi connectivity index (χ4v) is 4.07. The monoisotopic (exact) mass is 381 g/mol. The second-order valence-corrected chi connectivity index (χ2v) is 7.46. The van der Waals surface area contributed by atoms with Crippen molar-refractivity contribution in [1.29, 1.82) is 0 Å². The van der Waals surface area contributed by atoms with Gasteiger partial charge >= 0.3 is 0 Å². The third-order valence-electron chi connectivity index (χ3n) is 5.56. The minimum atomic E-state index is 0.156. The molecular weight excluding hydrogens is 354 g/mol. The summed E-state index contributed by atoms with van der Waals surface area (Å²) in [7, 11) is 1.71. The Hall–Kier alpha value is -2.67. The standard InChI is InChI=1S/C21H27N5O2/c1-16-5-3-9-26-18(14-23-20(16)26)13-19(27)25-8-4-6-17(15-25)21-22-7-10-24(21)11-12-28-2/h3,5,7,9-10,14,17H,4,6,8,11-13,15H2,1-2H3. The van der Waals surface area contributed by atoms with Crippen molar-refractivity contribution in [3.05, 3.63) is 54.0 Å². The van der Waals surface area contributed by atoms with Gasteiger partial charge in [0.05, 0.1) is 18.7 Å². The number of hydrogen-bond acceptors (Lipinski definition) is 4. The van der Waals surface area contributed by atoms with Gasteiger partial charge in [0.2, 0.25) is 5.91 Å². The first-order chi connectivity index (χ1) is 13.7. The molecule has 0 saturated carbocycles. The molecule has 0 N–H and O–H groups in total. The van der Waals surface area contributed by atoms with E-state index in [9.17, 15) is 4.79 Å².